The van der Waals surface area contributed by atoms with Gasteiger partial charge in [0.15, 0.2) is 0 Å². The number of benzene rings is 2. The van der Waals surface area contributed by atoms with Crippen LogP contribution < -0.4 is 21.4 Å². The van der Waals surface area contributed by atoms with Crippen LogP contribution in [0.2, 0.25) is 0 Å². The van der Waals surface area contributed by atoms with Gasteiger partial charge in [0.25, 0.3) is 11.8 Å². The molecule has 0 bridgehead atoms. The van der Waals surface area contributed by atoms with E-state index >= 15 is 0 Å². The maximum atomic E-state index is 12.7. The van der Waals surface area contributed by atoms with Crippen LogP contribution in [0.4, 0.5) is 0 Å². The summed E-state index contributed by atoms with van der Waals surface area (Å²) in [4.78, 5) is 36.8. The van der Waals surface area contributed by atoms with Gasteiger partial charge in [-0.15, -0.1) is 0 Å². The van der Waals surface area contributed by atoms with Crippen LogP contribution in [-0.2, 0) is 9.59 Å². The summed E-state index contributed by atoms with van der Waals surface area (Å²) < 4.78 is 0. The van der Waals surface area contributed by atoms with Crippen molar-refractivity contribution in [2.45, 2.75) is 37.9 Å². The second-order valence-corrected chi connectivity index (χ2v) is 7.80. The molecule has 168 valence electrons. The fourth-order valence-corrected chi connectivity index (χ4v) is 3.13. The minimum Gasteiger partial charge on any atom is -0.350 e. The van der Waals surface area contributed by atoms with Crippen LogP contribution in [0.5, 0.6) is 0 Å². The highest BCUT2D eigenvalue weighted by molar-refractivity contribution is 5.98. The number of hydrogen-bond donors (Lipinski definition) is 5. The Bertz CT molecular complexity index is 956. The largest absolute Gasteiger partial charge is 0.350 e. The van der Waals surface area contributed by atoms with E-state index in [0.717, 1.165) is 24.0 Å². The average molecular weight is 437 g/mol. The van der Waals surface area contributed by atoms with E-state index in [1.807, 2.05) is 42.5 Å². The fourth-order valence-electron chi connectivity index (χ4n) is 3.13. The molecular weight excluding hydrogens is 408 g/mol. The molecule has 2 aromatic rings. The number of rotatable bonds is 10. The Morgan fingerprint density at radius 1 is 0.969 bits per heavy atom. The van der Waals surface area contributed by atoms with Gasteiger partial charge in [-0.25, -0.2) is 5.48 Å². The number of amides is 3. The minimum absolute atomic E-state index is 0.133. The normalized spacial score (nSPS) is 15.1. The summed E-state index contributed by atoms with van der Waals surface area (Å²) in [6, 6.07) is 15.2. The van der Waals surface area contributed by atoms with Crippen LogP contribution in [-0.4, -0.2) is 47.6 Å². The van der Waals surface area contributed by atoms with E-state index < -0.39 is 23.9 Å². The van der Waals surface area contributed by atoms with E-state index in [0.29, 0.717) is 11.6 Å². The molecule has 0 heterocycles. The molecule has 0 saturated heterocycles. The Balaban J connectivity index is 1.59. The van der Waals surface area contributed by atoms with Crippen molar-refractivity contribution in [3.8, 4) is 0 Å². The number of carbonyl (C=O) groups is 3. The van der Waals surface area contributed by atoms with Gasteiger partial charge in [-0.1, -0.05) is 54.6 Å². The number of carbonyl (C=O) groups excluding carboxylic acids is 3. The second kappa shape index (κ2) is 11.2. The van der Waals surface area contributed by atoms with Gasteiger partial charge in [-0.05, 0) is 43.0 Å². The third-order valence-electron chi connectivity index (χ3n) is 5.14. The Kier molecular flexibility index (Phi) is 8.13. The van der Waals surface area contributed by atoms with Gasteiger partial charge in [-0.3, -0.25) is 19.6 Å². The van der Waals surface area contributed by atoms with E-state index in [9.17, 15) is 14.4 Å². The Hall–Kier alpha value is -3.49. The van der Waals surface area contributed by atoms with E-state index in [1.54, 1.807) is 36.7 Å². The lowest BCUT2D eigenvalue weighted by molar-refractivity contribution is -0.132. The Labute approximate surface area is 187 Å². The predicted molar refractivity (Wildman–Crippen MR) is 122 cm³/mol. The summed E-state index contributed by atoms with van der Waals surface area (Å²) in [5.41, 5.74) is 3.88. The second-order valence-electron chi connectivity index (χ2n) is 7.80. The zero-order valence-electron chi connectivity index (χ0n) is 17.9. The summed E-state index contributed by atoms with van der Waals surface area (Å²) in [6.45, 7) is 1.72. The average Bonchev–Trinajstić information content (AvgIpc) is 3.65. The SMILES string of the molecule is C[C@@H](NC(=O)CNC1CC1)[C@H](NC(=O)c1ccc(/C=C/c2ccccc2)cc1)C(=O)NO. The number of hydrogen-bond acceptors (Lipinski definition) is 5. The van der Waals surface area contributed by atoms with E-state index in [2.05, 4.69) is 16.0 Å². The van der Waals surface area contributed by atoms with Crippen molar-refractivity contribution in [3.05, 3.63) is 71.3 Å². The van der Waals surface area contributed by atoms with Crippen LogP contribution >= 0.6 is 0 Å². The lowest BCUT2D eigenvalue weighted by atomic mass is 10.1. The molecule has 8 heteroatoms. The Morgan fingerprint density at radius 3 is 2.19 bits per heavy atom. The van der Waals surface area contributed by atoms with Crippen molar-refractivity contribution in [3.63, 3.8) is 0 Å². The first-order chi connectivity index (χ1) is 15.5. The molecule has 0 spiro atoms. The minimum atomic E-state index is -1.14. The molecule has 5 N–H and O–H groups in total. The first-order valence-corrected chi connectivity index (χ1v) is 10.6. The quantitative estimate of drug-likeness (QED) is 0.221. The standard InChI is InChI=1S/C24H28N4O4/c1-16(26-21(29)15-25-20-13-14-20)22(24(31)28-32)27-23(30)19-11-9-18(10-12-19)8-7-17-5-3-2-4-6-17/h2-12,16,20,22,25,32H,13-15H2,1H3,(H,26,29)(H,27,30)(H,28,31)/b8-7+/t16-,22+/m1/s1. The molecule has 0 unspecified atom stereocenters. The molecule has 3 amide bonds. The van der Waals surface area contributed by atoms with Crippen molar-refractivity contribution >= 4 is 29.9 Å². The molecule has 0 radical (unpaired) electrons. The lowest BCUT2D eigenvalue weighted by Crippen LogP contribution is -2.58. The molecule has 1 fully saturated rings. The molecular formula is C24H28N4O4. The maximum absolute atomic E-state index is 12.7. The van der Waals surface area contributed by atoms with Crippen LogP contribution in [0.15, 0.2) is 54.6 Å². The van der Waals surface area contributed by atoms with Crippen molar-refractivity contribution < 1.29 is 19.6 Å². The topological polar surface area (TPSA) is 120 Å². The van der Waals surface area contributed by atoms with E-state index in [1.165, 1.54) is 0 Å². The highest BCUT2D eigenvalue weighted by Crippen LogP contribution is 2.18. The van der Waals surface area contributed by atoms with E-state index in [-0.39, 0.29) is 12.5 Å². The zero-order chi connectivity index (χ0) is 22.9. The number of nitrogens with one attached hydrogen (secondary N) is 4. The molecule has 8 nitrogen and oxygen atoms in total. The van der Waals surface area contributed by atoms with Crippen LogP contribution in [0, 0.1) is 0 Å². The third-order valence-corrected chi connectivity index (χ3v) is 5.14. The number of hydroxylamine groups is 1. The van der Waals surface area contributed by atoms with E-state index in [4.69, 9.17) is 5.21 Å². The molecule has 0 aromatic heterocycles. The van der Waals surface area contributed by atoms with Gasteiger partial charge in [-0.2, -0.15) is 0 Å². The van der Waals surface area contributed by atoms with Gasteiger partial charge in [0.2, 0.25) is 5.91 Å². The summed E-state index contributed by atoms with van der Waals surface area (Å²) in [5, 5.41) is 17.4. The third kappa shape index (κ3) is 7.04. The lowest BCUT2D eigenvalue weighted by Gasteiger charge is -2.24. The Morgan fingerprint density at radius 2 is 1.59 bits per heavy atom. The van der Waals surface area contributed by atoms with Gasteiger partial charge in [0.1, 0.15) is 6.04 Å². The van der Waals surface area contributed by atoms with Crippen molar-refractivity contribution in [1.29, 1.82) is 0 Å². The van der Waals surface area contributed by atoms with Gasteiger partial charge < -0.3 is 16.0 Å². The van der Waals surface area contributed by atoms with Crippen molar-refractivity contribution in [2.24, 2.45) is 0 Å². The smallest absolute Gasteiger partial charge is 0.268 e. The summed E-state index contributed by atoms with van der Waals surface area (Å²) in [6.07, 6.45) is 6.01. The summed E-state index contributed by atoms with van der Waals surface area (Å²) in [7, 11) is 0. The highest BCUT2D eigenvalue weighted by atomic mass is 16.5. The predicted octanol–water partition coefficient (Wildman–Crippen LogP) is 1.72. The maximum Gasteiger partial charge on any atom is 0.268 e. The first kappa shape index (κ1) is 23.2. The van der Waals surface area contributed by atoms with Crippen LogP contribution in [0.25, 0.3) is 12.2 Å². The fraction of sp³-hybridized carbons (Fsp3) is 0.292. The summed E-state index contributed by atoms with van der Waals surface area (Å²) >= 11 is 0. The molecule has 0 aliphatic heterocycles. The molecule has 3 rings (SSSR count). The van der Waals surface area contributed by atoms with Crippen molar-refractivity contribution in [2.75, 3.05) is 6.54 Å². The van der Waals surface area contributed by atoms with Crippen LogP contribution in [0.3, 0.4) is 0 Å². The highest BCUT2D eigenvalue weighted by Gasteiger charge is 2.29. The molecule has 2 aromatic carbocycles. The molecule has 1 aliphatic carbocycles. The zero-order valence-corrected chi connectivity index (χ0v) is 17.9. The first-order valence-electron chi connectivity index (χ1n) is 10.6. The van der Waals surface area contributed by atoms with Gasteiger partial charge >= 0.3 is 0 Å². The molecule has 1 saturated carbocycles. The molecule has 32 heavy (non-hydrogen) atoms. The summed E-state index contributed by atoms with van der Waals surface area (Å²) in [5.74, 6) is -1.60. The molecule has 1 aliphatic rings. The van der Waals surface area contributed by atoms with Crippen molar-refractivity contribution in [1.82, 2.24) is 21.4 Å². The van der Waals surface area contributed by atoms with Gasteiger partial charge in [0.05, 0.1) is 12.6 Å². The van der Waals surface area contributed by atoms with Gasteiger partial charge in [0, 0.05) is 11.6 Å². The molecule has 2 atom stereocenters. The van der Waals surface area contributed by atoms with Crippen LogP contribution in [0.1, 0.15) is 41.3 Å². The monoisotopic (exact) mass is 436 g/mol.